The molecule has 0 radical (unpaired) electrons. The van der Waals surface area contributed by atoms with E-state index in [1.165, 1.54) is 12.4 Å². The molecular weight excluding hydrogens is 280 g/mol. The molecule has 0 spiro atoms. The lowest BCUT2D eigenvalue weighted by molar-refractivity contribution is -0.122. The molecule has 0 fully saturated rings. The molecule has 7 heteroatoms. The lowest BCUT2D eigenvalue weighted by atomic mass is 10.2. The lowest BCUT2D eigenvalue weighted by Gasteiger charge is -2.26. The highest BCUT2D eigenvalue weighted by molar-refractivity contribution is 6.29. The summed E-state index contributed by atoms with van der Waals surface area (Å²) in [5.74, 6) is 0.707. The SMILES string of the molecule is O=C(Nc1cc(Cl)ncn1)C1CNc2ccccc2O1. The van der Waals surface area contributed by atoms with Crippen molar-refractivity contribution >= 4 is 29.0 Å². The molecule has 2 aromatic rings. The first-order valence-electron chi connectivity index (χ1n) is 6.00. The maximum atomic E-state index is 12.1. The number of nitrogens with one attached hydrogen (secondary N) is 2. The second-order valence-corrected chi connectivity index (χ2v) is 4.59. The van der Waals surface area contributed by atoms with Crippen LogP contribution in [0.15, 0.2) is 36.7 Å². The second kappa shape index (κ2) is 5.34. The van der Waals surface area contributed by atoms with Gasteiger partial charge in [-0.3, -0.25) is 4.79 Å². The first kappa shape index (κ1) is 12.7. The molecule has 0 bridgehead atoms. The van der Waals surface area contributed by atoms with Crippen LogP contribution in [-0.4, -0.2) is 28.5 Å². The molecule has 2 N–H and O–H groups in total. The van der Waals surface area contributed by atoms with E-state index >= 15 is 0 Å². The number of para-hydroxylation sites is 2. The van der Waals surface area contributed by atoms with Crippen molar-refractivity contribution in [2.24, 2.45) is 0 Å². The average Bonchev–Trinajstić information content (AvgIpc) is 2.47. The molecule has 2 heterocycles. The van der Waals surface area contributed by atoms with Crippen molar-refractivity contribution in [2.45, 2.75) is 6.10 Å². The molecule has 0 aliphatic carbocycles. The van der Waals surface area contributed by atoms with Gasteiger partial charge in [0.15, 0.2) is 6.10 Å². The van der Waals surface area contributed by atoms with Crippen LogP contribution in [0.4, 0.5) is 11.5 Å². The van der Waals surface area contributed by atoms with E-state index in [1.54, 1.807) is 0 Å². The van der Waals surface area contributed by atoms with Crippen LogP contribution < -0.4 is 15.4 Å². The van der Waals surface area contributed by atoms with Gasteiger partial charge in [0, 0.05) is 6.07 Å². The molecule has 1 aliphatic rings. The molecule has 1 atom stereocenters. The van der Waals surface area contributed by atoms with E-state index in [4.69, 9.17) is 16.3 Å². The van der Waals surface area contributed by atoms with Crippen LogP contribution in [0.3, 0.4) is 0 Å². The zero-order chi connectivity index (χ0) is 13.9. The Kier molecular flexibility index (Phi) is 3.39. The molecule has 0 saturated carbocycles. The van der Waals surface area contributed by atoms with Gasteiger partial charge < -0.3 is 15.4 Å². The fraction of sp³-hybridized carbons (Fsp3) is 0.154. The van der Waals surface area contributed by atoms with Gasteiger partial charge in [-0.05, 0) is 12.1 Å². The number of benzene rings is 1. The minimum Gasteiger partial charge on any atom is -0.477 e. The van der Waals surface area contributed by atoms with Gasteiger partial charge in [-0.15, -0.1) is 0 Å². The van der Waals surface area contributed by atoms with E-state index in [2.05, 4.69) is 20.6 Å². The van der Waals surface area contributed by atoms with E-state index in [1.807, 2.05) is 24.3 Å². The summed E-state index contributed by atoms with van der Waals surface area (Å²) in [7, 11) is 0. The number of anilines is 2. The molecule has 3 rings (SSSR count). The summed E-state index contributed by atoms with van der Waals surface area (Å²) in [5, 5.41) is 6.06. The highest BCUT2D eigenvalue weighted by Crippen LogP contribution is 2.28. The number of amides is 1. The molecule has 1 aromatic carbocycles. The Hall–Kier alpha value is -2.34. The predicted octanol–water partition coefficient (Wildman–Crippen LogP) is 1.94. The number of hydrogen-bond donors (Lipinski definition) is 2. The Bertz CT molecular complexity index is 650. The Morgan fingerprint density at radius 1 is 1.40 bits per heavy atom. The fourth-order valence-electron chi connectivity index (χ4n) is 1.87. The first-order valence-corrected chi connectivity index (χ1v) is 6.38. The number of halogens is 1. The Labute approximate surface area is 120 Å². The molecule has 6 nitrogen and oxygen atoms in total. The summed E-state index contributed by atoms with van der Waals surface area (Å²) in [6.07, 6.45) is 0.659. The van der Waals surface area contributed by atoms with Crippen molar-refractivity contribution < 1.29 is 9.53 Å². The third-order valence-electron chi connectivity index (χ3n) is 2.81. The van der Waals surface area contributed by atoms with Crippen LogP contribution in [0.25, 0.3) is 0 Å². The summed E-state index contributed by atoms with van der Waals surface area (Å²) in [4.78, 5) is 19.8. The Balaban J connectivity index is 1.70. The minimum atomic E-state index is -0.626. The van der Waals surface area contributed by atoms with Crippen molar-refractivity contribution in [2.75, 3.05) is 17.2 Å². The van der Waals surface area contributed by atoms with Gasteiger partial charge in [0.1, 0.15) is 23.0 Å². The highest BCUT2D eigenvalue weighted by atomic mass is 35.5. The molecule has 1 aliphatic heterocycles. The number of aromatic nitrogens is 2. The Morgan fingerprint density at radius 2 is 2.25 bits per heavy atom. The van der Waals surface area contributed by atoms with Crippen molar-refractivity contribution in [3.05, 3.63) is 41.8 Å². The quantitative estimate of drug-likeness (QED) is 0.827. The maximum absolute atomic E-state index is 12.1. The number of carbonyl (C=O) groups is 1. The van der Waals surface area contributed by atoms with E-state index in [0.717, 1.165) is 5.69 Å². The number of ether oxygens (including phenoxy) is 1. The lowest BCUT2D eigenvalue weighted by Crippen LogP contribution is -2.41. The van der Waals surface area contributed by atoms with Gasteiger partial charge in [-0.25, -0.2) is 9.97 Å². The Morgan fingerprint density at radius 3 is 3.10 bits per heavy atom. The smallest absolute Gasteiger partial charge is 0.268 e. The largest absolute Gasteiger partial charge is 0.477 e. The summed E-state index contributed by atoms with van der Waals surface area (Å²) in [6.45, 7) is 0.391. The van der Waals surface area contributed by atoms with Crippen LogP contribution >= 0.6 is 11.6 Å². The van der Waals surface area contributed by atoms with E-state index in [-0.39, 0.29) is 11.1 Å². The molecule has 20 heavy (non-hydrogen) atoms. The number of nitrogens with zero attached hydrogens (tertiary/aromatic N) is 2. The third-order valence-corrected chi connectivity index (χ3v) is 3.02. The van der Waals surface area contributed by atoms with Gasteiger partial charge in [-0.1, -0.05) is 23.7 Å². The summed E-state index contributed by atoms with van der Waals surface area (Å²) >= 11 is 5.74. The van der Waals surface area contributed by atoms with E-state index in [9.17, 15) is 4.79 Å². The number of hydrogen-bond acceptors (Lipinski definition) is 5. The van der Waals surface area contributed by atoms with Crippen molar-refractivity contribution in [3.8, 4) is 5.75 Å². The molecular formula is C13H11ClN4O2. The zero-order valence-corrected chi connectivity index (χ0v) is 11.1. The molecule has 1 amide bonds. The summed E-state index contributed by atoms with van der Waals surface area (Å²) in [6, 6.07) is 8.93. The zero-order valence-electron chi connectivity index (χ0n) is 10.3. The number of fused-ring (bicyclic) bond motifs is 1. The topological polar surface area (TPSA) is 76.1 Å². The monoisotopic (exact) mass is 290 g/mol. The number of rotatable bonds is 2. The molecule has 102 valence electrons. The van der Waals surface area contributed by atoms with Crippen LogP contribution in [0.2, 0.25) is 5.15 Å². The van der Waals surface area contributed by atoms with Crippen molar-refractivity contribution in [1.29, 1.82) is 0 Å². The van der Waals surface area contributed by atoms with Crippen molar-refractivity contribution in [1.82, 2.24) is 9.97 Å². The van der Waals surface area contributed by atoms with Crippen LogP contribution in [-0.2, 0) is 4.79 Å². The van der Waals surface area contributed by atoms with Gasteiger partial charge in [-0.2, -0.15) is 0 Å². The molecule has 1 unspecified atom stereocenters. The van der Waals surface area contributed by atoms with Gasteiger partial charge in [0.25, 0.3) is 5.91 Å². The predicted molar refractivity (Wildman–Crippen MR) is 75.0 cm³/mol. The maximum Gasteiger partial charge on any atom is 0.268 e. The highest BCUT2D eigenvalue weighted by Gasteiger charge is 2.25. The first-order chi connectivity index (χ1) is 9.72. The summed E-state index contributed by atoms with van der Waals surface area (Å²) < 4.78 is 5.65. The minimum absolute atomic E-state index is 0.267. The fourth-order valence-corrected chi connectivity index (χ4v) is 2.01. The summed E-state index contributed by atoms with van der Waals surface area (Å²) in [5.41, 5.74) is 0.877. The van der Waals surface area contributed by atoms with Gasteiger partial charge in [0.2, 0.25) is 0 Å². The van der Waals surface area contributed by atoms with Crippen LogP contribution in [0.1, 0.15) is 0 Å². The van der Waals surface area contributed by atoms with Crippen LogP contribution in [0.5, 0.6) is 5.75 Å². The van der Waals surface area contributed by atoms with Gasteiger partial charge >= 0.3 is 0 Å². The average molecular weight is 291 g/mol. The van der Waals surface area contributed by atoms with Crippen molar-refractivity contribution in [3.63, 3.8) is 0 Å². The number of carbonyl (C=O) groups excluding carboxylic acids is 1. The standard InChI is InChI=1S/C13H11ClN4O2/c14-11-5-12(17-7-16-11)18-13(19)10-6-15-8-3-1-2-4-9(8)20-10/h1-5,7,10,15H,6H2,(H,16,17,18,19). The van der Waals surface area contributed by atoms with Gasteiger partial charge in [0.05, 0.1) is 12.2 Å². The second-order valence-electron chi connectivity index (χ2n) is 4.20. The molecule has 0 saturated heterocycles. The van der Waals surface area contributed by atoms with E-state index in [0.29, 0.717) is 18.1 Å². The van der Waals surface area contributed by atoms with E-state index < -0.39 is 6.10 Å². The molecule has 1 aromatic heterocycles. The normalized spacial score (nSPS) is 16.6. The van der Waals surface area contributed by atoms with Crippen LogP contribution in [0, 0.1) is 0 Å². The third kappa shape index (κ3) is 2.65.